The van der Waals surface area contributed by atoms with E-state index in [1.165, 1.54) is 0 Å². The van der Waals surface area contributed by atoms with Crippen molar-refractivity contribution in [1.29, 1.82) is 0 Å². The summed E-state index contributed by atoms with van der Waals surface area (Å²) in [6.07, 6.45) is 8.06. The molecule has 0 unspecified atom stereocenters. The highest BCUT2D eigenvalue weighted by Crippen LogP contribution is 2.11. The fourth-order valence-corrected chi connectivity index (χ4v) is 1.65. The average Bonchev–Trinajstić information content (AvgIpc) is 2.15. The zero-order chi connectivity index (χ0) is 11.1. The zero-order valence-electron chi connectivity index (χ0n) is 9.32. The lowest BCUT2D eigenvalue weighted by molar-refractivity contribution is -0.148. The first-order valence-corrected chi connectivity index (χ1v) is 5.71. The van der Waals surface area contributed by atoms with Crippen molar-refractivity contribution < 1.29 is 14.6 Å². The lowest BCUT2D eigenvalue weighted by Gasteiger charge is -2.13. The molecule has 1 aliphatic heterocycles. The summed E-state index contributed by atoms with van der Waals surface area (Å²) in [6, 6.07) is 0. The SMILES string of the molecule is C[C@@H]1CC=CCC[C@H](O)CCCC(=O)O1. The van der Waals surface area contributed by atoms with Crippen molar-refractivity contribution in [3.05, 3.63) is 12.2 Å². The lowest BCUT2D eigenvalue weighted by Crippen LogP contribution is -2.15. The number of cyclic esters (lactones) is 1. The zero-order valence-corrected chi connectivity index (χ0v) is 9.32. The van der Waals surface area contributed by atoms with Gasteiger partial charge in [0.1, 0.15) is 6.10 Å². The van der Waals surface area contributed by atoms with E-state index in [4.69, 9.17) is 4.74 Å². The molecule has 0 fully saturated rings. The molecule has 0 saturated heterocycles. The third kappa shape index (κ3) is 5.57. The summed E-state index contributed by atoms with van der Waals surface area (Å²) < 4.78 is 5.19. The van der Waals surface area contributed by atoms with Gasteiger partial charge in [0.05, 0.1) is 6.10 Å². The first kappa shape index (κ1) is 12.2. The number of aliphatic hydroxyl groups is 1. The maximum atomic E-state index is 11.3. The molecule has 86 valence electrons. The van der Waals surface area contributed by atoms with E-state index in [9.17, 15) is 9.90 Å². The summed E-state index contributed by atoms with van der Waals surface area (Å²) in [5.74, 6) is -0.149. The van der Waals surface area contributed by atoms with E-state index in [1.54, 1.807) is 0 Å². The summed E-state index contributed by atoms with van der Waals surface area (Å²) >= 11 is 0. The molecule has 0 bridgehead atoms. The number of carbonyl (C=O) groups excluding carboxylic acids is 1. The van der Waals surface area contributed by atoms with Gasteiger partial charge in [-0.05, 0) is 32.6 Å². The molecule has 15 heavy (non-hydrogen) atoms. The van der Waals surface area contributed by atoms with E-state index in [1.807, 2.05) is 13.0 Å². The molecule has 1 heterocycles. The Morgan fingerprint density at radius 1 is 1.40 bits per heavy atom. The highest BCUT2D eigenvalue weighted by molar-refractivity contribution is 5.69. The number of aliphatic hydroxyl groups excluding tert-OH is 1. The van der Waals surface area contributed by atoms with Crippen molar-refractivity contribution >= 4 is 5.97 Å². The number of rotatable bonds is 0. The quantitative estimate of drug-likeness (QED) is 0.494. The van der Waals surface area contributed by atoms with E-state index >= 15 is 0 Å². The van der Waals surface area contributed by atoms with Crippen LogP contribution in [0.15, 0.2) is 12.2 Å². The number of carbonyl (C=O) groups is 1. The third-order valence-corrected chi connectivity index (χ3v) is 2.55. The first-order chi connectivity index (χ1) is 7.18. The Labute approximate surface area is 91.1 Å². The van der Waals surface area contributed by atoms with Crippen molar-refractivity contribution in [3.63, 3.8) is 0 Å². The largest absolute Gasteiger partial charge is 0.462 e. The number of hydrogen-bond acceptors (Lipinski definition) is 3. The van der Waals surface area contributed by atoms with Gasteiger partial charge in [0.15, 0.2) is 0 Å². The second kappa shape index (κ2) is 6.62. The number of hydrogen-bond donors (Lipinski definition) is 1. The molecule has 0 aromatic heterocycles. The van der Waals surface area contributed by atoms with Crippen molar-refractivity contribution in [1.82, 2.24) is 0 Å². The molecule has 3 heteroatoms. The van der Waals surface area contributed by atoms with Crippen LogP contribution in [0.25, 0.3) is 0 Å². The van der Waals surface area contributed by atoms with Crippen LogP contribution in [0.2, 0.25) is 0 Å². The van der Waals surface area contributed by atoms with Gasteiger partial charge in [-0.3, -0.25) is 4.79 Å². The van der Waals surface area contributed by atoms with Crippen LogP contribution in [0.5, 0.6) is 0 Å². The van der Waals surface area contributed by atoms with Crippen LogP contribution in [-0.2, 0) is 9.53 Å². The molecule has 1 N–H and O–H groups in total. The van der Waals surface area contributed by atoms with Gasteiger partial charge in [0.25, 0.3) is 0 Å². The maximum Gasteiger partial charge on any atom is 0.306 e. The topological polar surface area (TPSA) is 46.5 Å². The van der Waals surface area contributed by atoms with Crippen molar-refractivity contribution in [2.75, 3.05) is 0 Å². The van der Waals surface area contributed by atoms with E-state index in [2.05, 4.69) is 6.08 Å². The minimum atomic E-state index is -0.278. The standard InChI is InChI=1S/C12H20O3/c1-10-6-3-2-4-7-11(13)8-5-9-12(14)15-10/h2-3,10-11,13H,4-9H2,1H3/t10-,11+/m1/s1. The normalized spacial score (nSPS) is 30.1. The average molecular weight is 212 g/mol. The first-order valence-electron chi connectivity index (χ1n) is 5.71. The second-order valence-corrected chi connectivity index (χ2v) is 4.13. The molecule has 0 saturated carbocycles. The summed E-state index contributed by atoms with van der Waals surface area (Å²) in [5, 5.41) is 9.55. The predicted molar refractivity (Wildman–Crippen MR) is 58.4 cm³/mol. The molecule has 0 radical (unpaired) electrons. The fraction of sp³-hybridized carbons (Fsp3) is 0.750. The van der Waals surface area contributed by atoms with E-state index in [0.717, 1.165) is 25.7 Å². The molecule has 0 aromatic carbocycles. The van der Waals surface area contributed by atoms with Gasteiger partial charge < -0.3 is 9.84 Å². The van der Waals surface area contributed by atoms with Crippen LogP contribution in [-0.4, -0.2) is 23.3 Å². The minimum absolute atomic E-state index is 0.0295. The van der Waals surface area contributed by atoms with Crippen LogP contribution < -0.4 is 0 Å². The smallest absolute Gasteiger partial charge is 0.306 e. The van der Waals surface area contributed by atoms with Crippen LogP contribution >= 0.6 is 0 Å². The molecule has 0 amide bonds. The minimum Gasteiger partial charge on any atom is -0.462 e. The van der Waals surface area contributed by atoms with Gasteiger partial charge in [-0.1, -0.05) is 12.2 Å². The fourth-order valence-electron chi connectivity index (χ4n) is 1.65. The van der Waals surface area contributed by atoms with E-state index in [-0.39, 0.29) is 18.2 Å². The Kier molecular flexibility index (Phi) is 5.40. The van der Waals surface area contributed by atoms with Gasteiger partial charge in [-0.25, -0.2) is 0 Å². The van der Waals surface area contributed by atoms with Crippen molar-refractivity contribution in [3.8, 4) is 0 Å². The maximum absolute atomic E-state index is 11.3. The summed E-state index contributed by atoms with van der Waals surface area (Å²) in [5.41, 5.74) is 0. The number of ether oxygens (including phenoxy) is 1. The molecule has 0 aliphatic carbocycles. The molecule has 1 aliphatic rings. The molecular formula is C12H20O3. The Bertz CT molecular complexity index is 223. The Hall–Kier alpha value is -0.830. The van der Waals surface area contributed by atoms with Crippen LogP contribution in [0.4, 0.5) is 0 Å². The Balaban J connectivity index is 2.44. The summed E-state index contributed by atoms with van der Waals surface area (Å²) in [7, 11) is 0. The molecule has 0 aromatic rings. The Morgan fingerprint density at radius 3 is 3.00 bits per heavy atom. The molecule has 0 spiro atoms. The summed E-state index contributed by atoms with van der Waals surface area (Å²) in [4.78, 5) is 11.3. The van der Waals surface area contributed by atoms with Crippen LogP contribution in [0, 0.1) is 0 Å². The van der Waals surface area contributed by atoms with Crippen molar-refractivity contribution in [2.45, 2.75) is 57.7 Å². The van der Waals surface area contributed by atoms with Gasteiger partial charge in [-0.15, -0.1) is 0 Å². The molecular weight excluding hydrogens is 192 g/mol. The molecule has 1 rings (SSSR count). The predicted octanol–water partition coefficient (Wildman–Crippen LogP) is 2.19. The second-order valence-electron chi connectivity index (χ2n) is 4.13. The van der Waals surface area contributed by atoms with Crippen molar-refractivity contribution in [2.24, 2.45) is 0 Å². The van der Waals surface area contributed by atoms with Gasteiger partial charge >= 0.3 is 5.97 Å². The van der Waals surface area contributed by atoms with Gasteiger partial charge in [-0.2, -0.15) is 0 Å². The lowest BCUT2D eigenvalue weighted by atomic mass is 10.1. The van der Waals surface area contributed by atoms with Gasteiger partial charge in [0, 0.05) is 12.8 Å². The van der Waals surface area contributed by atoms with Crippen LogP contribution in [0.3, 0.4) is 0 Å². The van der Waals surface area contributed by atoms with Crippen LogP contribution in [0.1, 0.15) is 45.4 Å². The highest BCUT2D eigenvalue weighted by atomic mass is 16.5. The van der Waals surface area contributed by atoms with E-state index in [0.29, 0.717) is 12.8 Å². The number of allylic oxidation sites excluding steroid dienone is 1. The number of esters is 1. The molecule has 3 nitrogen and oxygen atoms in total. The highest BCUT2D eigenvalue weighted by Gasteiger charge is 2.10. The Morgan fingerprint density at radius 2 is 2.20 bits per heavy atom. The monoisotopic (exact) mass is 212 g/mol. The summed E-state index contributed by atoms with van der Waals surface area (Å²) in [6.45, 7) is 1.91. The molecule has 2 atom stereocenters. The third-order valence-electron chi connectivity index (χ3n) is 2.55. The van der Waals surface area contributed by atoms with E-state index < -0.39 is 0 Å². The van der Waals surface area contributed by atoms with Gasteiger partial charge in [0.2, 0.25) is 0 Å².